The summed E-state index contributed by atoms with van der Waals surface area (Å²) in [7, 11) is 0. The molecule has 4 rings (SSSR count). The molecule has 0 bridgehead atoms. The highest BCUT2D eigenvalue weighted by atomic mass is 16.2. The number of aromatic nitrogens is 2. The number of hydrogen-bond acceptors (Lipinski definition) is 3. The summed E-state index contributed by atoms with van der Waals surface area (Å²) >= 11 is 0. The number of nitrogens with zero attached hydrogens (tertiary/aromatic N) is 3. The van der Waals surface area contributed by atoms with E-state index in [1.807, 2.05) is 66.4 Å². The molecule has 0 saturated heterocycles. The molecule has 1 amide bonds. The van der Waals surface area contributed by atoms with Crippen molar-refractivity contribution in [3.05, 3.63) is 76.3 Å². The SMILES string of the molecule is CC(C)CN(C(=O)C1CCC1)C(C)c1nc2ccccc2c(=O)n1Cc1ccccc1. The molecule has 3 aromatic rings. The minimum Gasteiger partial charge on any atom is -0.332 e. The van der Waals surface area contributed by atoms with Crippen LogP contribution in [0.25, 0.3) is 10.9 Å². The molecule has 0 radical (unpaired) electrons. The Hall–Kier alpha value is -2.95. The van der Waals surface area contributed by atoms with Crippen LogP contribution in [0.5, 0.6) is 0 Å². The number of amides is 1. The van der Waals surface area contributed by atoms with E-state index >= 15 is 0 Å². The molecule has 1 saturated carbocycles. The van der Waals surface area contributed by atoms with Crippen molar-refractivity contribution < 1.29 is 4.79 Å². The van der Waals surface area contributed by atoms with Gasteiger partial charge in [-0.05, 0) is 43.4 Å². The van der Waals surface area contributed by atoms with Crippen LogP contribution >= 0.6 is 0 Å². The lowest BCUT2D eigenvalue weighted by Gasteiger charge is -2.37. The lowest BCUT2D eigenvalue weighted by atomic mass is 9.84. The van der Waals surface area contributed by atoms with Crippen molar-refractivity contribution in [1.29, 1.82) is 0 Å². The molecular weight excluding hydrogens is 386 g/mol. The van der Waals surface area contributed by atoms with Crippen LogP contribution in [0.1, 0.15) is 57.5 Å². The van der Waals surface area contributed by atoms with Crippen LogP contribution in [-0.2, 0) is 11.3 Å². The summed E-state index contributed by atoms with van der Waals surface area (Å²) in [5, 5.41) is 0.607. The summed E-state index contributed by atoms with van der Waals surface area (Å²) in [6.07, 6.45) is 3.04. The molecule has 1 aromatic heterocycles. The molecule has 1 atom stereocenters. The van der Waals surface area contributed by atoms with Gasteiger partial charge >= 0.3 is 0 Å². The molecule has 1 aliphatic rings. The maximum absolute atomic E-state index is 13.5. The van der Waals surface area contributed by atoms with Gasteiger partial charge in [-0.15, -0.1) is 0 Å². The first-order valence-corrected chi connectivity index (χ1v) is 11.3. The van der Waals surface area contributed by atoms with Crippen LogP contribution < -0.4 is 5.56 Å². The van der Waals surface area contributed by atoms with E-state index < -0.39 is 0 Å². The molecule has 1 unspecified atom stereocenters. The number of rotatable bonds is 7. The van der Waals surface area contributed by atoms with Crippen molar-refractivity contribution in [2.24, 2.45) is 11.8 Å². The summed E-state index contributed by atoms with van der Waals surface area (Å²) in [5.41, 5.74) is 1.66. The van der Waals surface area contributed by atoms with Gasteiger partial charge in [0.1, 0.15) is 5.82 Å². The van der Waals surface area contributed by atoms with E-state index in [9.17, 15) is 9.59 Å². The zero-order chi connectivity index (χ0) is 22.0. The number of benzene rings is 2. The number of carbonyl (C=O) groups is 1. The smallest absolute Gasteiger partial charge is 0.261 e. The van der Waals surface area contributed by atoms with Crippen LogP contribution in [0, 0.1) is 11.8 Å². The predicted octanol–water partition coefficient (Wildman–Crippen LogP) is 4.79. The van der Waals surface area contributed by atoms with E-state index in [4.69, 9.17) is 4.98 Å². The molecule has 0 spiro atoms. The molecular formula is C26H31N3O2. The first-order valence-electron chi connectivity index (χ1n) is 11.3. The lowest BCUT2D eigenvalue weighted by Crippen LogP contribution is -2.44. The quantitative estimate of drug-likeness (QED) is 0.555. The van der Waals surface area contributed by atoms with Crippen molar-refractivity contribution in [2.75, 3.05) is 6.54 Å². The molecule has 0 N–H and O–H groups in total. The fraction of sp³-hybridized carbons (Fsp3) is 0.423. The second-order valence-corrected chi connectivity index (χ2v) is 9.05. The van der Waals surface area contributed by atoms with Gasteiger partial charge in [0, 0.05) is 12.5 Å². The van der Waals surface area contributed by atoms with Crippen molar-refractivity contribution in [2.45, 2.75) is 52.6 Å². The van der Waals surface area contributed by atoms with Gasteiger partial charge in [0.15, 0.2) is 0 Å². The standard InChI is InChI=1S/C26H31N3O2/c1-18(2)16-28(25(30)21-12-9-13-21)19(3)24-27-23-15-8-7-14-22(23)26(31)29(24)17-20-10-5-4-6-11-20/h4-8,10-11,14-15,18-19,21H,9,12-13,16-17H2,1-3H3. The minimum absolute atomic E-state index is 0.0584. The number of carbonyl (C=O) groups excluding carboxylic acids is 1. The monoisotopic (exact) mass is 417 g/mol. The first kappa shape index (κ1) is 21.3. The third-order valence-electron chi connectivity index (χ3n) is 6.22. The van der Waals surface area contributed by atoms with E-state index in [1.54, 1.807) is 4.57 Å². The zero-order valence-electron chi connectivity index (χ0n) is 18.6. The fourth-order valence-electron chi connectivity index (χ4n) is 4.28. The van der Waals surface area contributed by atoms with E-state index in [0.29, 0.717) is 35.7 Å². The Labute approximate surface area is 183 Å². The molecule has 5 nitrogen and oxygen atoms in total. The van der Waals surface area contributed by atoms with Gasteiger partial charge in [0.25, 0.3) is 5.56 Å². The second kappa shape index (κ2) is 9.04. The number of para-hydroxylation sites is 1. The van der Waals surface area contributed by atoms with Gasteiger partial charge in [-0.25, -0.2) is 4.98 Å². The van der Waals surface area contributed by atoms with Crippen LogP contribution in [0.3, 0.4) is 0 Å². The van der Waals surface area contributed by atoms with Crippen molar-refractivity contribution >= 4 is 16.8 Å². The summed E-state index contributed by atoms with van der Waals surface area (Å²) in [5.74, 6) is 1.29. The molecule has 5 heteroatoms. The molecule has 162 valence electrons. The van der Waals surface area contributed by atoms with Gasteiger partial charge in [-0.2, -0.15) is 0 Å². The maximum Gasteiger partial charge on any atom is 0.261 e. The average molecular weight is 418 g/mol. The third-order valence-corrected chi connectivity index (χ3v) is 6.22. The average Bonchev–Trinajstić information content (AvgIpc) is 2.73. The van der Waals surface area contributed by atoms with E-state index in [1.165, 1.54) is 0 Å². The van der Waals surface area contributed by atoms with Crippen LogP contribution in [0.15, 0.2) is 59.4 Å². The van der Waals surface area contributed by atoms with Crippen LogP contribution in [-0.4, -0.2) is 26.9 Å². The summed E-state index contributed by atoms with van der Waals surface area (Å²) in [4.78, 5) is 33.7. The largest absolute Gasteiger partial charge is 0.332 e. The maximum atomic E-state index is 13.5. The Morgan fingerprint density at radius 3 is 2.39 bits per heavy atom. The molecule has 1 fully saturated rings. The second-order valence-electron chi connectivity index (χ2n) is 9.05. The molecule has 0 aliphatic heterocycles. The Morgan fingerprint density at radius 1 is 1.06 bits per heavy atom. The highest BCUT2D eigenvalue weighted by molar-refractivity contribution is 5.80. The molecule has 1 aliphatic carbocycles. The zero-order valence-corrected chi connectivity index (χ0v) is 18.6. The van der Waals surface area contributed by atoms with Gasteiger partial charge in [0.2, 0.25) is 5.91 Å². The van der Waals surface area contributed by atoms with Gasteiger partial charge in [0.05, 0.1) is 23.5 Å². The highest BCUT2D eigenvalue weighted by Crippen LogP contribution is 2.32. The van der Waals surface area contributed by atoms with E-state index in [0.717, 1.165) is 24.8 Å². The Balaban J connectivity index is 1.82. The summed E-state index contributed by atoms with van der Waals surface area (Å²) in [6, 6.07) is 17.1. The normalized spacial score (nSPS) is 15.1. The lowest BCUT2D eigenvalue weighted by molar-refractivity contribution is -0.141. The van der Waals surface area contributed by atoms with Gasteiger partial charge in [-0.3, -0.25) is 14.2 Å². The summed E-state index contributed by atoms with van der Waals surface area (Å²) in [6.45, 7) is 7.35. The van der Waals surface area contributed by atoms with E-state index in [2.05, 4.69) is 13.8 Å². The predicted molar refractivity (Wildman–Crippen MR) is 124 cm³/mol. The van der Waals surface area contributed by atoms with Gasteiger partial charge < -0.3 is 4.90 Å². The van der Waals surface area contributed by atoms with Crippen LogP contribution in [0.4, 0.5) is 0 Å². The topological polar surface area (TPSA) is 55.2 Å². The van der Waals surface area contributed by atoms with Crippen LogP contribution in [0.2, 0.25) is 0 Å². The van der Waals surface area contributed by atoms with Gasteiger partial charge in [-0.1, -0.05) is 62.7 Å². The number of hydrogen-bond donors (Lipinski definition) is 0. The molecule has 2 aromatic carbocycles. The molecule has 1 heterocycles. The Bertz CT molecular complexity index is 1120. The summed E-state index contributed by atoms with van der Waals surface area (Å²) < 4.78 is 1.75. The van der Waals surface area contributed by atoms with Crippen molar-refractivity contribution in [3.63, 3.8) is 0 Å². The fourth-order valence-corrected chi connectivity index (χ4v) is 4.28. The molecule has 31 heavy (non-hydrogen) atoms. The Kier molecular flexibility index (Phi) is 6.21. The Morgan fingerprint density at radius 2 is 1.74 bits per heavy atom. The highest BCUT2D eigenvalue weighted by Gasteiger charge is 2.34. The van der Waals surface area contributed by atoms with Crippen molar-refractivity contribution in [3.8, 4) is 0 Å². The first-order chi connectivity index (χ1) is 15.0. The minimum atomic E-state index is -0.281. The third kappa shape index (κ3) is 4.41. The number of fused-ring (bicyclic) bond motifs is 1. The van der Waals surface area contributed by atoms with Crippen molar-refractivity contribution in [1.82, 2.24) is 14.5 Å². The van der Waals surface area contributed by atoms with E-state index in [-0.39, 0.29) is 23.4 Å².